The summed E-state index contributed by atoms with van der Waals surface area (Å²) in [6.45, 7) is 5.57. The number of imidazole rings is 1. The number of hydrogen-bond acceptors (Lipinski definition) is 5. The number of rotatable bonds is 5. The van der Waals surface area contributed by atoms with Crippen LogP contribution in [0.4, 0.5) is 19.0 Å². The highest BCUT2D eigenvalue weighted by Crippen LogP contribution is 2.33. The van der Waals surface area contributed by atoms with E-state index in [-0.39, 0.29) is 23.2 Å². The van der Waals surface area contributed by atoms with Crippen molar-refractivity contribution in [1.29, 1.82) is 0 Å². The normalized spacial score (nSPS) is 13.2. The van der Waals surface area contributed by atoms with E-state index < -0.39 is 11.9 Å². The van der Waals surface area contributed by atoms with Gasteiger partial charge in [0.15, 0.2) is 17.0 Å². The molecule has 0 bridgehead atoms. The molecule has 0 aliphatic heterocycles. The molecule has 0 spiro atoms. The molecule has 0 aliphatic rings. The number of aryl methyl sites for hydroxylation is 1. The van der Waals surface area contributed by atoms with E-state index in [9.17, 15) is 13.2 Å². The average Bonchev–Trinajstić information content (AvgIpc) is 3.31. The lowest BCUT2D eigenvalue weighted by atomic mass is 10.1. The van der Waals surface area contributed by atoms with Crippen LogP contribution in [0.25, 0.3) is 22.4 Å². The number of fused-ring (bicyclic) bond motifs is 1. The van der Waals surface area contributed by atoms with Gasteiger partial charge in [0.2, 0.25) is 5.28 Å². The van der Waals surface area contributed by atoms with E-state index in [1.807, 2.05) is 32.9 Å². The summed E-state index contributed by atoms with van der Waals surface area (Å²) < 4.78 is 42.7. The van der Waals surface area contributed by atoms with Gasteiger partial charge in [-0.1, -0.05) is 24.3 Å². The first-order chi connectivity index (χ1) is 15.0. The number of benzene rings is 1. The van der Waals surface area contributed by atoms with Gasteiger partial charge in [0, 0.05) is 24.8 Å². The van der Waals surface area contributed by atoms with Crippen molar-refractivity contribution >= 4 is 28.5 Å². The van der Waals surface area contributed by atoms with Crippen molar-refractivity contribution in [2.75, 3.05) is 5.32 Å². The number of hydrogen-bond donors (Lipinski definition) is 1. The van der Waals surface area contributed by atoms with Gasteiger partial charge in [-0.3, -0.25) is 4.68 Å². The summed E-state index contributed by atoms with van der Waals surface area (Å²) in [6, 6.07) is 6.87. The Labute approximate surface area is 187 Å². The van der Waals surface area contributed by atoms with Crippen molar-refractivity contribution in [3.05, 3.63) is 53.2 Å². The first-order valence-electron chi connectivity index (χ1n) is 9.92. The van der Waals surface area contributed by atoms with E-state index in [0.29, 0.717) is 22.4 Å². The van der Waals surface area contributed by atoms with Crippen molar-refractivity contribution in [2.24, 2.45) is 7.05 Å². The second kappa shape index (κ2) is 8.09. The third-order valence-electron chi connectivity index (χ3n) is 5.05. The van der Waals surface area contributed by atoms with Gasteiger partial charge in [0.05, 0.1) is 12.2 Å². The number of anilines is 1. The Morgan fingerprint density at radius 2 is 1.69 bits per heavy atom. The molecule has 0 radical (unpaired) electrons. The minimum atomic E-state index is -4.50. The Kier molecular flexibility index (Phi) is 5.58. The summed E-state index contributed by atoms with van der Waals surface area (Å²) in [5.74, 6) is 0.777. The van der Waals surface area contributed by atoms with Crippen LogP contribution >= 0.6 is 11.6 Å². The van der Waals surface area contributed by atoms with E-state index >= 15 is 0 Å². The second-order valence-electron chi connectivity index (χ2n) is 7.81. The van der Waals surface area contributed by atoms with Crippen LogP contribution in [-0.4, -0.2) is 29.3 Å². The number of halogens is 4. The standard InChI is InChI=1S/C21H21ClF3N7/c1-11(2)32-10-16(21(23,24)25)28-19(32)14-7-5-13(6-8-14)12(3)26-18-17-15(9-31(4)30-17)27-20(22)29-18/h5-12H,1-4H3,(H,26,27,29)/t12-/m1/s1. The Morgan fingerprint density at radius 1 is 1.00 bits per heavy atom. The van der Waals surface area contributed by atoms with Gasteiger partial charge in [-0.2, -0.15) is 23.3 Å². The minimum Gasteiger partial charge on any atom is -0.362 e. The molecular formula is C21H21ClF3N7. The van der Waals surface area contributed by atoms with Gasteiger partial charge in [0.25, 0.3) is 0 Å². The smallest absolute Gasteiger partial charge is 0.362 e. The van der Waals surface area contributed by atoms with Gasteiger partial charge in [0.1, 0.15) is 11.3 Å². The lowest BCUT2D eigenvalue weighted by Crippen LogP contribution is -2.09. The SMILES string of the molecule is CC(C)n1cc(C(F)(F)F)nc1-c1ccc([C@@H](C)Nc2nc(Cl)nc3cn(C)nc23)cc1. The molecule has 1 N–H and O–H groups in total. The quantitative estimate of drug-likeness (QED) is 0.387. The fourth-order valence-electron chi connectivity index (χ4n) is 3.44. The maximum absolute atomic E-state index is 13.2. The van der Waals surface area contributed by atoms with Gasteiger partial charge < -0.3 is 9.88 Å². The molecule has 1 aromatic carbocycles. The molecular weight excluding hydrogens is 443 g/mol. The predicted molar refractivity (Wildman–Crippen MR) is 116 cm³/mol. The molecule has 7 nitrogen and oxygen atoms in total. The number of aromatic nitrogens is 6. The Morgan fingerprint density at radius 3 is 2.31 bits per heavy atom. The number of nitrogens with one attached hydrogen (secondary N) is 1. The molecule has 4 aromatic rings. The van der Waals surface area contributed by atoms with E-state index in [4.69, 9.17) is 11.6 Å². The largest absolute Gasteiger partial charge is 0.434 e. The molecule has 32 heavy (non-hydrogen) atoms. The zero-order chi connectivity index (χ0) is 23.2. The summed E-state index contributed by atoms with van der Waals surface area (Å²) >= 11 is 6.04. The first kappa shape index (κ1) is 22.1. The van der Waals surface area contributed by atoms with E-state index in [1.165, 1.54) is 4.57 Å². The molecule has 0 aliphatic carbocycles. The third-order valence-corrected chi connectivity index (χ3v) is 5.22. The van der Waals surface area contributed by atoms with Crippen LogP contribution in [0.15, 0.2) is 36.7 Å². The highest BCUT2D eigenvalue weighted by molar-refractivity contribution is 6.28. The van der Waals surface area contributed by atoms with Crippen molar-refractivity contribution < 1.29 is 13.2 Å². The second-order valence-corrected chi connectivity index (χ2v) is 8.15. The molecule has 0 saturated carbocycles. The lowest BCUT2D eigenvalue weighted by Gasteiger charge is -2.16. The molecule has 0 fully saturated rings. The molecule has 0 saturated heterocycles. The van der Waals surface area contributed by atoms with Crippen molar-refractivity contribution in [3.8, 4) is 11.4 Å². The summed E-state index contributed by atoms with van der Waals surface area (Å²) in [7, 11) is 1.78. The third kappa shape index (κ3) is 4.27. The van der Waals surface area contributed by atoms with E-state index in [1.54, 1.807) is 30.1 Å². The highest BCUT2D eigenvalue weighted by Gasteiger charge is 2.35. The van der Waals surface area contributed by atoms with Crippen LogP contribution in [0.3, 0.4) is 0 Å². The maximum atomic E-state index is 13.2. The van der Waals surface area contributed by atoms with Gasteiger partial charge >= 0.3 is 6.18 Å². The Bertz CT molecular complexity index is 1260. The minimum absolute atomic E-state index is 0.108. The van der Waals surface area contributed by atoms with Crippen LogP contribution < -0.4 is 5.32 Å². The lowest BCUT2D eigenvalue weighted by molar-refractivity contribution is -0.140. The summed E-state index contributed by atoms with van der Waals surface area (Å²) in [5, 5.41) is 7.77. The zero-order valence-electron chi connectivity index (χ0n) is 17.8. The summed E-state index contributed by atoms with van der Waals surface area (Å²) in [4.78, 5) is 12.3. The Balaban J connectivity index is 1.62. The number of nitrogens with zero attached hydrogens (tertiary/aromatic N) is 6. The zero-order valence-corrected chi connectivity index (χ0v) is 18.6. The fourth-order valence-corrected chi connectivity index (χ4v) is 3.62. The van der Waals surface area contributed by atoms with E-state index in [2.05, 4.69) is 25.4 Å². The average molecular weight is 464 g/mol. The molecule has 4 rings (SSSR count). The van der Waals surface area contributed by atoms with Crippen LogP contribution in [-0.2, 0) is 13.2 Å². The van der Waals surface area contributed by atoms with Gasteiger partial charge in [-0.25, -0.2) is 9.97 Å². The van der Waals surface area contributed by atoms with Gasteiger partial charge in [-0.15, -0.1) is 0 Å². The molecule has 11 heteroatoms. The predicted octanol–water partition coefficient (Wildman–Crippen LogP) is 5.65. The van der Waals surface area contributed by atoms with Crippen LogP contribution in [0, 0.1) is 0 Å². The number of alkyl halides is 3. The highest BCUT2D eigenvalue weighted by atomic mass is 35.5. The first-order valence-corrected chi connectivity index (χ1v) is 10.3. The topological polar surface area (TPSA) is 73.5 Å². The molecule has 0 unspecified atom stereocenters. The van der Waals surface area contributed by atoms with E-state index in [0.717, 1.165) is 11.8 Å². The van der Waals surface area contributed by atoms with Crippen LogP contribution in [0.2, 0.25) is 5.28 Å². The van der Waals surface area contributed by atoms with Crippen molar-refractivity contribution in [1.82, 2.24) is 29.3 Å². The molecule has 3 heterocycles. The van der Waals surface area contributed by atoms with Gasteiger partial charge in [-0.05, 0) is 37.9 Å². The maximum Gasteiger partial charge on any atom is 0.434 e. The Hall–Kier alpha value is -3.14. The van der Waals surface area contributed by atoms with Crippen molar-refractivity contribution in [3.63, 3.8) is 0 Å². The monoisotopic (exact) mass is 463 g/mol. The molecule has 0 amide bonds. The molecule has 168 valence electrons. The molecule has 3 aromatic heterocycles. The molecule has 1 atom stereocenters. The van der Waals surface area contributed by atoms with Crippen LogP contribution in [0.1, 0.15) is 44.1 Å². The summed E-state index contributed by atoms with van der Waals surface area (Å²) in [5.41, 5.74) is 1.83. The summed E-state index contributed by atoms with van der Waals surface area (Å²) in [6.07, 6.45) is -1.70. The van der Waals surface area contributed by atoms with Crippen LogP contribution in [0.5, 0.6) is 0 Å². The van der Waals surface area contributed by atoms with Crippen molar-refractivity contribution in [2.45, 2.75) is 39.0 Å². The fraction of sp³-hybridized carbons (Fsp3) is 0.333.